The SMILES string of the molecule is COC(=O)c1ccccc1-c1ccc(/C=C(\C#N)C(=O)NCCc2ccccc2)o1. The van der Waals surface area contributed by atoms with Crippen molar-refractivity contribution in [2.24, 2.45) is 0 Å². The van der Waals surface area contributed by atoms with Crippen LogP contribution in [0.2, 0.25) is 0 Å². The Kier molecular flexibility index (Phi) is 6.80. The van der Waals surface area contributed by atoms with Gasteiger partial charge < -0.3 is 14.5 Å². The van der Waals surface area contributed by atoms with Crippen molar-refractivity contribution >= 4 is 18.0 Å². The van der Waals surface area contributed by atoms with Crippen LogP contribution in [0.25, 0.3) is 17.4 Å². The number of nitrogens with zero attached hydrogens (tertiary/aromatic N) is 1. The van der Waals surface area contributed by atoms with E-state index in [0.717, 1.165) is 5.56 Å². The van der Waals surface area contributed by atoms with Gasteiger partial charge >= 0.3 is 5.97 Å². The number of nitriles is 1. The summed E-state index contributed by atoms with van der Waals surface area (Å²) in [5, 5.41) is 12.1. The zero-order valence-corrected chi connectivity index (χ0v) is 16.4. The van der Waals surface area contributed by atoms with Crippen LogP contribution in [0, 0.1) is 11.3 Å². The van der Waals surface area contributed by atoms with Crippen molar-refractivity contribution in [3.8, 4) is 17.4 Å². The fraction of sp³-hybridized carbons (Fsp3) is 0.125. The minimum atomic E-state index is -0.477. The molecule has 1 N–H and O–H groups in total. The Morgan fingerprint density at radius 1 is 1.07 bits per heavy atom. The molecule has 0 fully saturated rings. The molecule has 0 saturated heterocycles. The standard InChI is InChI=1S/C24H20N2O4/c1-29-24(28)21-10-6-5-9-20(21)22-12-11-19(30-22)15-18(16-25)23(27)26-14-13-17-7-3-2-4-8-17/h2-12,15H,13-14H2,1H3,(H,26,27)/b18-15+. The third-order valence-corrected chi connectivity index (χ3v) is 4.42. The number of rotatable bonds is 7. The Morgan fingerprint density at radius 2 is 1.80 bits per heavy atom. The van der Waals surface area contributed by atoms with Crippen LogP contribution < -0.4 is 5.32 Å². The smallest absolute Gasteiger partial charge is 0.338 e. The number of carbonyl (C=O) groups excluding carboxylic acids is 2. The summed E-state index contributed by atoms with van der Waals surface area (Å²) in [6.07, 6.45) is 2.04. The van der Waals surface area contributed by atoms with Crippen LogP contribution in [0.3, 0.4) is 0 Å². The Balaban J connectivity index is 1.72. The van der Waals surface area contributed by atoms with Crippen molar-refractivity contribution in [2.45, 2.75) is 6.42 Å². The first-order valence-corrected chi connectivity index (χ1v) is 9.34. The van der Waals surface area contributed by atoms with Crippen LogP contribution in [-0.2, 0) is 16.0 Å². The fourth-order valence-electron chi connectivity index (χ4n) is 2.91. The average molecular weight is 400 g/mol. The lowest BCUT2D eigenvalue weighted by Gasteiger charge is -2.05. The van der Waals surface area contributed by atoms with E-state index >= 15 is 0 Å². The minimum Gasteiger partial charge on any atom is -0.465 e. The highest BCUT2D eigenvalue weighted by molar-refractivity contribution is 6.01. The van der Waals surface area contributed by atoms with Gasteiger partial charge in [-0.2, -0.15) is 5.26 Å². The first-order valence-electron chi connectivity index (χ1n) is 9.34. The number of hydrogen-bond acceptors (Lipinski definition) is 5. The molecule has 1 heterocycles. The van der Waals surface area contributed by atoms with Gasteiger partial charge in [-0.3, -0.25) is 4.79 Å². The van der Waals surface area contributed by atoms with Crippen molar-refractivity contribution in [3.05, 3.63) is 89.2 Å². The quantitative estimate of drug-likeness (QED) is 0.368. The fourth-order valence-corrected chi connectivity index (χ4v) is 2.91. The summed E-state index contributed by atoms with van der Waals surface area (Å²) >= 11 is 0. The molecule has 0 aliphatic rings. The predicted octanol–water partition coefficient (Wildman–Crippen LogP) is 4.00. The molecular weight excluding hydrogens is 380 g/mol. The van der Waals surface area contributed by atoms with Crippen LogP contribution in [0.4, 0.5) is 0 Å². The highest BCUT2D eigenvalue weighted by Gasteiger charge is 2.16. The van der Waals surface area contributed by atoms with Gasteiger partial charge in [-0.05, 0) is 30.2 Å². The molecule has 150 valence electrons. The molecule has 0 radical (unpaired) electrons. The Morgan fingerprint density at radius 3 is 2.53 bits per heavy atom. The summed E-state index contributed by atoms with van der Waals surface area (Å²) in [6, 6.07) is 21.9. The normalized spacial score (nSPS) is 10.9. The molecule has 0 aliphatic heterocycles. The maximum Gasteiger partial charge on any atom is 0.338 e. The van der Waals surface area contributed by atoms with Crippen LogP contribution in [0.5, 0.6) is 0 Å². The van der Waals surface area contributed by atoms with E-state index in [0.29, 0.717) is 35.6 Å². The molecule has 0 atom stereocenters. The summed E-state index contributed by atoms with van der Waals surface area (Å²) < 4.78 is 10.5. The van der Waals surface area contributed by atoms with Crippen LogP contribution >= 0.6 is 0 Å². The highest BCUT2D eigenvalue weighted by atomic mass is 16.5. The van der Waals surface area contributed by atoms with Gasteiger partial charge in [0.1, 0.15) is 23.2 Å². The molecule has 0 unspecified atom stereocenters. The molecule has 1 amide bonds. The summed E-state index contributed by atoms with van der Waals surface area (Å²) in [5.41, 5.74) is 1.96. The molecule has 6 heteroatoms. The van der Waals surface area contributed by atoms with Gasteiger partial charge in [0.05, 0.1) is 12.7 Å². The van der Waals surface area contributed by atoms with Gasteiger partial charge in [0.2, 0.25) is 0 Å². The second-order valence-corrected chi connectivity index (χ2v) is 6.40. The molecule has 0 spiro atoms. The van der Waals surface area contributed by atoms with Gasteiger partial charge in [-0.15, -0.1) is 0 Å². The lowest BCUT2D eigenvalue weighted by Crippen LogP contribution is -2.26. The molecule has 3 aromatic rings. The zero-order valence-electron chi connectivity index (χ0n) is 16.4. The average Bonchev–Trinajstić information content (AvgIpc) is 3.26. The van der Waals surface area contributed by atoms with Crippen molar-refractivity contribution in [1.82, 2.24) is 5.32 Å². The second kappa shape index (κ2) is 9.89. The maximum atomic E-state index is 12.3. The molecule has 6 nitrogen and oxygen atoms in total. The number of benzene rings is 2. The van der Waals surface area contributed by atoms with E-state index in [-0.39, 0.29) is 5.57 Å². The first-order chi connectivity index (χ1) is 14.6. The van der Waals surface area contributed by atoms with E-state index in [2.05, 4.69) is 5.32 Å². The van der Waals surface area contributed by atoms with E-state index < -0.39 is 11.9 Å². The Bertz CT molecular complexity index is 1110. The number of hydrogen-bond donors (Lipinski definition) is 1. The number of ether oxygens (including phenoxy) is 1. The van der Waals surface area contributed by atoms with Crippen LogP contribution in [0.1, 0.15) is 21.7 Å². The summed E-state index contributed by atoms with van der Waals surface area (Å²) in [4.78, 5) is 24.3. The summed E-state index contributed by atoms with van der Waals surface area (Å²) in [7, 11) is 1.31. The number of furan rings is 1. The van der Waals surface area contributed by atoms with Gasteiger partial charge in [-0.25, -0.2) is 4.79 Å². The van der Waals surface area contributed by atoms with E-state index in [1.165, 1.54) is 13.2 Å². The summed E-state index contributed by atoms with van der Waals surface area (Å²) in [6.45, 7) is 0.414. The molecular formula is C24H20N2O4. The van der Waals surface area contributed by atoms with Crippen molar-refractivity contribution in [1.29, 1.82) is 5.26 Å². The van der Waals surface area contributed by atoms with Crippen LogP contribution in [0.15, 0.2) is 76.7 Å². The number of carbonyl (C=O) groups is 2. The number of methoxy groups -OCH3 is 1. The lowest BCUT2D eigenvalue weighted by molar-refractivity contribution is -0.117. The summed E-state index contributed by atoms with van der Waals surface area (Å²) in [5.74, 6) is -0.181. The first kappa shape index (κ1) is 20.6. The lowest BCUT2D eigenvalue weighted by atomic mass is 10.1. The highest BCUT2D eigenvalue weighted by Crippen LogP contribution is 2.27. The largest absolute Gasteiger partial charge is 0.465 e. The van der Waals surface area contributed by atoms with Gasteiger partial charge in [0, 0.05) is 18.2 Å². The topological polar surface area (TPSA) is 92.3 Å². The van der Waals surface area contributed by atoms with E-state index in [9.17, 15) is 14.9 Å². The second-order valence-electron chi connectivity index (χ2n) is 6.40. The van der Waals surface area contributed by atoms with Crippen molar-refractivity contribution < 1.29 is 18.7 Å². The van der Waals surface area contributed by atoms with E-state index in [4.69, 9.17) is 9.15 Å². The third-order valence-electron chi connectivity index (χ3n) is 4.42. The number of esters is 1. The number of nitrogens with one attached hydrogen (secondary N) is 1. The predicted molar refractivity (Wildman–Crippen MR) is 112 cm³/mol. The molecule has 1 aromatic heterocycles. The van der Waals surface area contributed by atoms with Gasteiger partial charge in [0.15, 0.2) is 0 Å². The van der Waals surface area contributed by atoms with E-state index in [1.54, 1.807) is 36.4 Å². The zero-order chi connectivity index (χ0) is 21.3. The molecule has 2 aromatic carbocycles. The molecule has 0 bridgehead atoms. The molecule has 3 rings (SSSR count). The third kappa shape index (κ3) is 5.03. The Labute approximate surface area is 174 Å². The van der Waals surface area contributed by atoms with Gasteiger partial charge in [-0.1, -0.05) is 48.5 Å². The maximum absolute atomic E-state index is 12.3. The molecule has 0 aliphatic carbocycles. The molecule has 30 heavy (non-hydrogen) atoms. The Hall–Kier alpha value is -4.11. The minimum absolute atomic E-state index is 0.0646. The van der Waals surface area contributed by atoms with Crippen molar-refractivity contribution in [3.63, 3.8) is 0 Å². The molecule has 0 saturated carbocycles. The van der Waals surface area contributed by atoms with Crippen LogP contribution in [-0.4, -0.2) is 25.5 Å². The van der Waals surface area contributed by atoms with Crippen molar-refractivity contribution in [2.75, 3.05) is 13.7 Å². The number of amides is 1. The van der Waals surface area contributed by atoms with Gasteiger partial charge in [0.25, 0.3) is 5.91 Å². The van der Waals surface area contributed by atoms with E-state index in [1.807, 2.05) is 36.4 Å². The monoisotopic (exact) mass is 400 g/mol.